The fourth-order valence-corrected chi connectivity index (χ4v) is 3.46. The monoisotopic (exact) mass is 380 g/mol. The second-order valence-electron chi connectivity index (χ2n) is 6.80. The lowest BCUT2D eigenvalue weighted by Crippen LogP contribution is -2.23. The molecule has 4 rings (SSSR count). The molecule has 0 aliphatic carbocycles. The summed E-state index contributed by atoms with van der Waals surface area (Å²) in [6.07, 6.45) is 7.57. The van der Waals surface area contributed by atoms with E-state index in [2.05, 4.69) is 36.4 Å². The highest BCUT2D eigenvalue weighted by atomic mass is 16.5. The van der Waals surface area contributed by atoms with Crippen LogP contribution in [0.5, 0.6) is 0 Å². The van der Waals surface area contributed by atoms with Crippen LogP contribution in [-0.4, -0.2) is 51.8 Å². The Bertz CT molecular complexity index is 885. The van der Waals surface area contributed by atoms with Crippen LogP contribution in [0.15, 0.2) is 47.4 Å². The van der Waals surface area contributed by atoms with Crippen LogP contribution in [0, 0.1) is 0 Å². The Balaban J connectivity index is 1.47. The molecule has 146 valence electrons. The lowest BCUT2D eigenvalue weighted by Gasteiger charge is -2.21. The van der Waals surface area contributed by atoms with Crippen LogP contribution in [0.3, 0.4) is 0 Å². The summed E-state index contributed by atoms with van der Waals surface area (Å²) >= 11 is 0. The number of methoxy groups -OCH3 is 1. The molecule has 0 spiro atoms. The number of anilines is 1. The Morgan fingerprint density at radius 1 is 1.32 bits per heavy atom. The first kappa shape index (κ1) is 18.5. The standard InChI is InChI=1S/C20H24N6O2/c1-27-11-9-23-18-12-16(6-8-22-18)19-24-20(28-25-19)17-5-3-10-26(17)14-15-4-2-7-21-13-15/h2,4,6-8,12-13,17H,3,5,9-11,14H2,1H3,(H,22,23)/t17-/m0/s1. The molecular weight excluding hydrogens is 356 g/mol. The van der Waals surface area contributed by atoms with E-state index in [1.807, 2.05) is 24.4 Å². The van der Waals surface area contributed by atoms with Gasteiger partial charge in [0.1, 0.15) is 5.82 Å². The van der Waals surface area contributed by atoms with Crippen LogP contribution < -0.4 is 5.32 Å². The van der Waals surface area contributed by atoms with Crippen LogP contribution in [-0.2, 0) is 11.3 Å². The van der Waals surface area contributed by atoms with E-state index in [1.54, 1.807) is 19.5 Å². The summed E-state index contributed by atoms with van der Waals surface area (Å²) in [5.41, 5.74) is 2.07. The van der Waals surface area contributed by atoms with Gasteiger partial charge in [-0.15, -0.1) is 0 Å². The summed E-state index contributed by atoms with van der Waals surface area (Å²) in [7, 11) is 1.67. The summed E-state index contributed by atoms with van der Waals surface area (Å²) in [6, 6.07) is 8.01. The van der Waals surface area contributed by atoms with Crippen LogP contribution in [0.2, 0.25) is 0 Å². The van der Waals surface area contributed by atoms with Crippen molar-refractivity contribution in [3.8, 4) is 11.4 Å². The van der Waals surface area contributed by atoms with Gasteiger partial charge in [-0.25, -0.2) is 4.98 Å². The third-order valence-electron chi connectivity index (χ3n) is 4.83. The number of nitrogens with zero attached hydrogens (tertiary/aromatic N) is 5. The molecule has 8 nitrogen and oxygen atoms in total. The zero-order chi connectivity index (χ0) is 19.2. The van der Waals surface area contributed by atoms with E-state index in [1.165, 1.54) is 5.56 Å². The highest BCUT2D eigenvalue weighted by Crippen LogP contribution is 2.33. The fourth-order valence-electron chi connectivity index (χ4n) is 3.46. The number of pyridine rings is 2. The number of nitrogens with one attached hydrogen (secondary N) is 1. The maximum Gasteiger partial charge on any atom is 0.244 e. The maximum absolute atomic E-state index is 5.63. The van der Waals surface area contributed by atoms with Gasteiger partial charge in [0.2, 0.25) is 11.7 Å². The van der Waals surface area contributed by atoms with Gasteiger partial charge in [0, 0.05) is 44.4 Å². The second kappa shape index (κ2) is 8.90. The van der Waals surface area contributed by atoms with Crippen molar-refractivity contribution in [3.05, 3.63) is 54.3 Å². The van der Waals surface area contributed by atoms with E-state index < -0.39 is 0 Å². The molecule has 0 amide bonds. The minimum Gasteiger partial charge on any atom is -0.383 e. The molecule has 1 fully saturated rings. The van der Waals surface area contributed by atoms with Crippen LogP contribution in [0.25, 0.3) is 11.4 Å². The first-order chi connectivity index (χ1) is 13.8. The molecule has 0 radical (unpaired) electrons. The Morgan fingerprint density at radius 2 is 2.29 bits per heavy atom. The van der Waals surface area contributed by atoms with Gasteiger partial charge < -0.3 is 14.6 Å². The zero-order valence-electron chi connectivity index (χ0n) is 15.9. The smallest absolute Gasteiger partial charge is 0.244 e. The van der Waals surface area contributed by atoms with E-state index in [-0.39, 0.29) is 6.04 Å². The lowest BCUT2D eigenvalue weighted by atomic mass is 10.2. The maximum atomic E-state index is 5.63. The number of hydrogen-bond acceptors (Lipinski definition) is 8. The van der Waals surface area contributed by atoms with Crippen LogP contribution in [0.1, 0.15) is 30.3 Å². The number of aromatic nitrogens is 4. The predicted molar refractivity (Wildman–Crippen MR) is 105 cm³/mol. The van der Waals surface area contributed by atoms with Crippen LogP contribution in [0.4, 0.5) is 5.82 Å². The summed E-state index contributed by atoms with van der Waals surface area (Å²) < 4.78 is 10.7. The average Bonchev–Trinajstić information content (AvgIpc) is 3.39. The molecule has 1 N–H and O–H groups in total. The first-order valence-corrected chi connectivity index (χ1v) is 9.49. The SMILES string of the molecule is COCCNc1cc(-c2noc([C@@H]3CCCN3Cc3cccnc3)n2)ccn1. The number of likely N-dealkylation sites (tertiary alicyclic amines) is 1. The highest BCUT2D eigenvalue weighted by Gasteiger charge is 2.30. The quantitative estimate of drug-likeness (QED) is 0.597. The van der Waals surface area contributed by atoms with Gasteiger partial charge in [-0.2, -0.15) is 4.98 Å². The minimum absolute atomic E-state index is 0.141. The van der Waals surface area contributed by atoms with Gasteiger partial charge in [-0.05, 0) is 43.1 Å². The molecule has 0 unspecified atom stereocenters. The Kier molecular flexibility index (Phi) is 5.89. The number of ether oxygens (including phenoxy) is 1. The topological polar surface area (TPSA) is 89.2 Å². The van der Waals surface area contributed by atoms with E-state index in [0.29, 0.717) is 24.9 Å². The lowest BCUT2D eigenvalue weighted by molar-refractivity contribution is 0.201. The van der Waals surface area contributed by atoms with E-state index in [0.717, 1.165) is 37.3 Å². The van der Waals surface area contributed by atoms with Gasteiger partial charge in [0.05, 0.1) is 12.6 Å². The Morgan fingerprint density at radius 3 is 3.14 bits per heavy atom. The molecule has 8 heteroatoms. The van der Waals surface area contributed by atoms with Gasteiger partial charge in [0.15, 0.2) is 0 Å². The summed E-state index contributed by atoms with van der Waals surface area (Å²) in [6.45, 7) is 3.15. The van der Waals surface area contributed by atoms with Crippen molar-refractivity contribution in [1.82, 2.24) is 25.0 Å². The predicted octanol–water partition coefficient (Wildman–Crippen LogP) is 2.92. The van der Waals surface area contributed by atoms with E-state index >= 15 is 0 Å². The molecule has 4 heterocycles. The molecule has 3 aromatic heterocycles. The first-order valence-electron chi connectivity index (χ1n) is 9.49. The third kappa shape index (κ3) is 4.35. The number of hydrogen-bond donors (Lipinski definition) is 1. The Hall–Kier alpha value is -2.84. The van der Waals surface area contributed by atoms with Gasteiger partial charge in [0.25, 0.3) is 0 Å². The third-order valence-corrected chi connectivity index (χ3v) is 4.83. The zero-order valence-corrected chi connectivity index (χ0v) is 15.9. The molecule has 1 aliphatic rings. The van der Waals surface area contributed by atoms with Gasteiger partial charge >= 0.3 is 0 Å². The average molecular weight is 380 g/mol. The normalized spacial score (nSPS) is 17.1. The molecule has 1 atom stereocenters. The Labute approximate surface area is 164 Å². The van der Waals surface area contributed by atoms with Crippen molar-refractivity contribution < 1.29 is 9.26 Å². The molecule has 0 bridgehead atoms. The molecule has 0 saturated carbocycles. The van der Waals surface area contributed by atoms with Crippen LogP contribution >= 0.6 is 0 Å². The second-order valence-corrected chi connectivity index (χ2v) is 6.80. The molecule has 1 aliphatic heterocycles. The fraction of sp³-hybridized carbons (Fsp3) is 0.400. The minimum atomic E-state index is 0.141. The molecule has 1 saturated heterocycles. The largest absolute Gasteiger partial charge is 0.383 e. The summed E-state index contributed by atoms with van der Waals surface area (Å²) in [4.78, 5) is 15.6. The van der Waals surface area contributed by atoms with Crippen molar-refractivity contribution in [1.29, 1.82) is 0 Å². The summed E-state index contributed by atoms with van der Waals surface area (Å²) in [5.74, 6) is 2.02. The van der Waals surface area contributed by atoms with Gasteiger partial charge in [-0.3, -0.25) is 9.88 Å². The van der Waals surface area contributed by atoms with Crippen molar-refractivity contribution >= 4 is 5.82 Å². The van der Waals surface area contributed by atoms with Crippen molar-refractivity contribution in [2.24, 2.45) is 0 Å². The molecular formula is C20H24N6O2. The highest BCUT2D eigenvalue weighted by molar-refractivity contribution is 5.58. The summed E-state index contributed by atoms with van der Waals surface area (Å²) in [5, 5.41) is 7.42. The van der Waals surface area contributed by atoms with E-state index in [9.17, 15) is 0 Å². The molecule has 28 heavy (non-hydrogen) atoms. The van der Waals surface area contributed by atoms with E-state index in [4.69, 9.17) is 9.26 Å². The van der Waals surface area contributed by atoms with Crippen molar-refractivity contribution in [3.63, 3.8) is 0 Å². The van der Waals surface area contributed by atoms with Gasteiger partial charge in [-0.1, -0.05) is 11.2 Å². The van der Waals surface area contributed by atoms with Crippen molar-refractivity contribution in [2.45, 2.75) is 25.4 Å². The van der Waals surface area contributed by atoms with Crippen molar-refractivity contribution in [2.75, 3.05) is 32.1 Å². The molecule has 0 aromatic carbocycles. The number of rotatable bonds is 8. The molecule has 3 aromatic rings.